The number of aliphatic carboxylic acids is 1. The zero-order valence-corrected chi connectivity index (χ0v) is 9.04. The molecule has 6 nitrogen and oxygen atoms in total. The van der Waals surface area contributed by atoms with Crippen molar-refractivity contribution in [3.05, 3.63) is 0 Å². The van der Waals surface area contributed by atoms with Gasteiger partial charge in [0.15, 0.2) is 0 Å². The van der Waals surface area contributed by atoms with E-state index in [4.69, 9.17) is 9.84 Å². The molecule has 6 heteroatoms. The number of esters is 1. The van der Waals surface area contributed by atoms with Crippen molar-refractivity contribution >= 4 is 17.8 Å². The van der Waals surface area contributed by atoms with E-state index < -0.39 is 24.1 Å². The normalized spacial score (nSPS) is 36.6. The van der Waals surface area contributed by atoms with Crippen molar-refractivity contribution in [2.24, 2.45) is 5.92 Å². The Morgan fingerprint density at radius 3 is 2.50 bits per heavy atom. The molecule has 3 unspecified atom stereocenters. The van der Waals surface area contributed by atoms with Crippen LogP contribution in [0.5, 0.6) is 0 Å². The molecular weight excluding hydrogens is 214 g/mol. The second-order valence-corrected chi connectivity index (χ2v) is 4.29. The molecule has 0 spiro atoms. The lowest BCUT2D eigenvalue weighted by atomic mass is 9.96. The minimum atomic E-state index is -1.04. The Balaban J connectivity index is 2.22. The van der Waals surface area contributed by atoms with Crippen molar-refractivity contribution in [3.63, 3.8) is 0 Å². The topological polar surface area (TPSA) is 83.9 Å². The van der Waals surface area contributed by atoms with Crippen LogP contribution in [-0.4, -0.2) is 46.0 Å². The van der Waals surface area contributed by atoms with Gasteiger partial charge in [-0.1, -0.05) is 6.92 Å². The molecule has 88 valence electrons. The van der Waals surface area contributed by atoms with E-state index >= 15 is 0 Å². The van der Waals surface area contributed by atoms with Gasteiger partial charge in [0.2, 0.25) is 5.91 Å². The van der Waals surface area contributed by atoms with E-state index in [1.54, 1.807) is 6.92 Å². The molecular formula is C10H13NO5. The molecule has 1 amide bonds. The molecule has 2 rings (SSSR count). The fourth-order valence-electron chi connectivity index (χ4n) is 2.60. The van der Waals surface area contributed by atoms with Crippen molar-refractivity contribution < 1.29 is 24.2 Å². The van der Waals surface area contributed by atoms with E-state index in [-0.39, 0.29) is 24.3 Å². The molecule has 4 atom stereocenters. The second kappa shape index (κ2) is 3.47. The first kappa shape index (κ1) is 10.9. The highest BCUT2D eigenvalue weighted by Gasteiger charge is 2.59. The molecule has 0 radical (unpaired) electrons. The summed E-state index contributed by atoms with van der Waals surface area (Å²) in [6.45, 7) is 2.98. The monoisotopic (exact) mass is 227 g/mol. The number of hydrogen-bond donors (Lipinski definition) is 1. The van der Waals surface area contributed by atoms with Crippen LogP contribution in [0, 0.1) is 5.92 Å². The van der Waals surface area contributed by atoms with E-state index in [1.807, 2.05) is 0 Å². The summed E-state index contributed by atoms with van der Waals surface area (Å²) in [5, 5.41) is 9.04. The van der Waals surface area contributed by atoms with E-state index in [0.29, 0.717) is 0 Å². The van der Waals surface area contributed by atoms with Crippen molar-refractivity contribution in [1.82, 2.24) is 4.90 Å². The van der Waals surface area contributed by atoms with Gasteiger partial charge in [-0.25, -0.2) is 4.79 Å². The third-order valence-electron chi connectivity index (χ3n) is 3.28. The van der Waals surface area contributed by atoms with Gasteiger partial charge in [-0.2, -0.15) is 0 Å². The first-order chi connectivity index (χ1) is 7.43. The summed E-state index contributed by atoms with van der Waals surface area (Å²) >= 11 is 0. The number of ether oxygens (including phenoxy) is 1. The van der Waals surface area contributed by atoms with Crippen molar-refractivity contribution in [2.45, 2.75) is 38.5 Å². The number of fused-ring (bicyclic) bond motifs is 1. The number of hydrogen-bond acceptors (Lipinski definition) is 4. The molecule has 0 bridgehead atoms. The molecule has 2 aliphatic rings. The molecule has 0 aromatic rings. The van der Waals surface area contributed by atoms with Gasteiger partial charge in [-0.15, -0.1) is 0 Å². The first-order valence-corrected chi connectivity index (χ1v) is 5.14. The summed E-state index contributed by atoms with van der Waals surface area (Å²) in [4.78, 5) is 34.6. The number of carbonyl (C=O) groups is 3. The fourth-order valence-corrected chi connectivity index (χ4v) is 2.60. The van der Waals surface area contributed by atoms with E-state index in [9.17, 15) is 14.4 Å². The lowest BCUT2D eigenvalue weighted by Gasteiger charge is -2.38. The number of carboxylic acids is 1. The predicted octanol–water partition coefficient (Wildman–Crippen LogP) is -0.378. The molecule has 1 N–H and O–H groups in total. The maximum atomic E-state index is 11.3. The molecule has 16 heavy (non-hydrogen) atoms. The second-order valence-electron chi connectivity index (χ2n) is 4.29. The number of nitrogens with zero attached hydrogens (tertiary/aromatic N) is 1. The maximum Gasteiger partial charge on any atom is 0.326 e. The number of β-lactam (4-membered cyclic amide) rings is 1. The standard InChI is InChI=1S/C10H13NO5/c1-4-8(10(14)15)11-6(3-7(11)13)9(4)16-5(2)12/h4,6,8-9H,3H2,1-2H3,(H,14,15)/t4?,6-,8?,9?/m0/s1. The van der Waals surface area contributed by atoms with Crippen LogP contribution in [0.25, 0.3) is 0 Å². The SMILES string of the molecule is CC(=O)OC1C(C)C(C(=O)O)N2C(=O)C[C@@H]12. The summed E-state index contributed by atoms with van der Waals surface area (Å²) < 4.78 is 5.09. The van der Waals surface area contributed by atoms with Crippen LogP contribution in [0.2, 0.25) is 0 Å². The summed E-state index contributed by atoms with van der Waals surface area (Å²) in [5.74, 6) is -2.03. The molecule has 2 saturated heterocycles. The summed E-state index contributed by atoms with van der Waals surface area (Å²) in [5.41, 5.74) is 0. The van der Waals surface area contributed by atoms with E-state index in [2.05, 4.69) is 0 Å². The number of rotatable bonds is 2. The highest BCUT2D eigenvalue weighted by atomic mass is 16.5. The Labute approximate surface area is 92.2 Å². The minimum Gasteiger partial charge on any atom is -0.480 e. The fraction of sp³-hybridized carbons (Fsp3) is 0.700. The zero-order chi connectivity index (χ0) is 12.0. The van der Waals surface area contributed by atoms with Gasteiger partial charge in [0, 0.05) is 12.8 Å². The molecule has 2 aliphatic heterocycles. The van der Waals surface area contributed by atoms with Crippen LogP contribution in [0.3, 0.4) is 0 Å². The van der Waals surface area contributed by atoms with Gasteiger partial charge < -0.3 is 14.7 Å². The van der Waals surface area contributed by atoms with Crippen LogP contribution in [0.15, 0.2) is 0 Å². The smallest absolute Gasteiger partial charge is 0.326 e. The summed E-state index contributed by atoms with van der Waals surface area (Å²) in [6.07, 6.45) is -0.220. The maximum absolute atomic E-state index is 11.3. The zero-order valence-electron chi connectivity index (χ0n) is 9.04. The molecule has 0 aromatic heterocycles. The van der Waals surface area contributed by atoms with Crippen molar-refractivity contribution in [1.29, 1.82) is 0 Å². The van der Waals surface area contributed by atoms with Gasteiger partial charge in [0.25, 0.3) is 0 Å². The molecule has 0 aliphatic carbocycles. The van der Waals surface area contributed by atoms with Crippen LogP contribution in [0.4, 0.5) is 0 Å². The summed E-state index contributed by atoms with van der Waals surface area (Å²) in [7, 11) is 0. The van der Waals surface area contributed by atoms with Gasteiger partial charge in [-0.3, -0.25) is 9.59 Å². The first-order valence-electron chi connectivity index (χ1n) is 5.14. The van der Waals surface area contributed by atoms with Crippen LogP contribution < -0.4 is 0 Å². The van der Waals surface area contributed by atoms with Crippen molar-refractivity contribution in [2.75, 3.05) is 0 Å². The van der Waals surface area contributed by atoms with Crippen LogP contribution in [-0.2, 0) is 19.1 Å². The highest BCUT2D eigenvalue weighted by Crippen LogP contribution is 2.40. The average molecular weight is 227 g/mol. The van der Waals surface area contributed by atoms with Gasteiger partial charge in [-0.05, 0) is 0 Å². The third-order valence-corrected chi connectivity index (χ3v) is 3.28. The van der Waals surface area contributed by atoms with E-state index in [0.717, 1.165) is 0 Å². The van der Waals surface area contributed by atoms with Crippen molar-refractivity contribution in [3.8, 4) is 0 Å². The minimum absolute atomic E-state index is 0.182. The Hall–Kier alpha value is -1.59. The Morgan fingerprint density at radius 2 is 2.12 bits per heavy atom. The third kappa shape index (κ3) is 1.36. The number of carbonyl (C=O) groups excluding carboxylic acids is 2. The summed E-state index contributed by atoms with van der Waals surface area (Å²) in [6, 6.07) is -1.12. The van der Waals surface area contributed by atoms with Gasteiger partial charge in [0.05, 0.1) is 12.5 Å². The Kier molecular flexibility index (Phi) is 2.36. The Morgan fingerprint density at radius 1 is 1.50 bits per heavy atom. The number of carboxylic acid groups (broad SMARTS) is 1. The molecule has 2 fully saturated rings. The highest BCUT2D eigenvalue weighted by molar-refractivity contribution is 5.90. The largest absolute Gasteiger partial charge is 0.480 e. The van der Waals surface area contributed by atoms with E-state index in [1.165, 1.54) is 11.8 Å². The average Bonchev–Trinajstić information content (AvgIpc) is 2.37. The Bertz CT molecular complexity index is 366. The predicted molar refractivity (Wildman–Crippen MR) is 51.4 cm³/mol. The molecule has 0 aromatic carbocycles. The van der Waals surface area contributed by atoms with Gasteiger partial charge >= 0.3 is 11.9 Å². The lowest BCUT2D eigenvalue weighted by Crippen LogP contribution is -2.56. The van der Waals surface area contributed by atoms with Crippen LogP contribution in [0.1, 0.15) is 20.3 Å². The molecule has 0 saturated carbocycles. The quantitative estimate of drug-likeness (QED) is 0.513. The number of amides is 1. The lowest BCUT2D eigenvalue weighted by molar-refractivity contribution is -0.161. The molecule has 2 heterocycles. The van der Waals surface area contributed by atoms with Crippen LogP contribution >= 0.6 is 0 Å². The van der Waals surface area contributed by atoms with Gasteiger partial charge in [0.1, 0.15) is 12.1 Å².